The Hall–Kier alpha value is -1.43. The highest BCUT2D eigenvalue weighted by Gasteiger charge is 2.24. The molecule has 25 heavy (non-hydrogen) atoms. The molecule has 2 aromatic heterocycles. The average molecular weight is 387 g/mol. The van der Waals surface area contributed by atoms with Crippen molar-refractivity contribution in [1.29, 1.82) is 0 Å². The molecule has 0 aliphatic carbocycles. The quantitative estimate of drug-likeness (QED) is 0.494. The van der Waals surface area contributed by atoms with E-state index in [0.29, 0.717) is 0 Å². The number of aromatic nitrogens is 2. The molecular formula is C20H22N2S3. The first-order chi connectivity index (χ1) is 11.9. The minimum absolute atomic E-state index is 0.104. The summed E-state index contributed by atoms with van der Waals surface area (Å²) in [5, 5.41) is 2.41. The Labute approximate surface area is 163 Å². The summed E-state index contributed by atoms with van der Waals surface area (Å²) in [6.45, 7) is 7.58. The third-order valence-corrected chi connectivity index (χ3v) is 6.82. The van der Waals surface area contributed by atoms with Gasteiger partial charge in [0.15, 0.2) is 0 Å². The SMILES string of the molecule is CC(C)(C)c1ccsc1C(=S)SC(Cn1ccnc1)c1ccccc1. The normalized spacial score (nSPS) is 12.9. The monoisotopic (exact) mass is 386 g/mol. The molecule has 3 rings (SSSR count). The fraction of sp³-hybridized carbons (Fsp3) is 0.300. The molecule has 0 radical (unpaired) electrons. The Balaban J connectivity index is 1.85. The maximum atomic E-state index is 5.85. The lowest BCUT2D eigenvalue weighted by Gasteiger charge is -2.22. The van der Waals surface area contributed by atoms with Crippen molar-refractivity contribution >= 4 is 39.5 Å². The molecule has 0 N–H and O–H groups in total. The largest absolute Gasteiger partial charge is 0.336 e. The first kappa shape index (κ1) is 18.4. The van der Waals surface area contributed by atoms with Crippen LogP contribution >= 0.6 is 35.3 Å². The number of hydrogen-bond donors (Lipinski definition) is 0. The van der Waals surface area contributed by atoms with Gasteiger partial charge in [-0.15, -0.1) is 23.1 Å². The molecule has 0 spiro atoms. The van der Waals surface area contributed by atoms with Gasteiger partial charge < -0.3 is 4.57 Å². The Bertz CT molecular complexity index is 814. The lowest BCUT2D eigenvalue weighted by molar-refractivity contribution is 0.592. The first-order valence-electron chi connectivity index (χ1n) is 8.25. The van der Waals surface area contributed by atoms with Crippen LogP contribution in [-0.4, -0.2) is 13.7 Å². The molecule has 1 atom stereocenters. The predicted octanol–water partition coefficient (Wildman–Crippen LogP) is 6.09. The van der Waals surface area contributed by atoms with Gasteiger partial charge in [0.2, 0.25) is 0 Å². The smallest absolute Gasteiger partial charge is 0.0946 e. The van der Waals surface area contributed by atoms with Gasteiger partial charge in [0, 0.05) is 18.9 Å². The van der Waals surface area contributed by atoms with E-state index < -0.39 is 0 Å². The molecule has 1 unspecified atom stereocenters. The molecule has 0 saturated heterocycles. The zero-order valence-electron chi connectivity index (χ0n) is 14.7. The standard InChI is InChI=1S/C20H22N2S3/c1-20(2,3)16-9-12-24-18(16)19(23)25-17(13-22-11-10-21-14-22)15-7-5-4-6-8-15/h4-12,14,17H,13H2,1-3H3. The minimum atomic E-state index is 0.104. The number of benzene rings is 1. The summed E-state index contributed by atoms with van der Waals surface area (Å²) in [6.07, 6.45) is 5.69. The van der Waals surface area contributed by atoms with Crippen molar-refractivity contribution in [1.82, 2.24) is 9.55 Å². The van der Waals surface area contributed by atoms with E-state index in [0.717, 1.165) is 10.7 Å². The van der Waals surface area contributed by atoms with Crippen molar-refractivity contribution in [2.24, 2.45) is 0 Å². The lowest BCUT2D eigenvalue weighted by atomic mass is 9.88. The Morgan fingerprint density at radius 3 is 2.64 bits per heavy atom. The van der Waals surface area contributed by atoms with E-state index in [1.807, 2.05) is 18.7 Å². The molecule has 0 amide bonds. The average Bonchev–Trinajstić information content (AvgIpc) is 3.26. The molecule has 0 fully saturated rings. The summed E-state index contributed by atoms with van der Waals surface area (Å²) in [5.41, 5.74) is 2.73. The number of rotatable bonds is 5. The van der Waals surface area contributed by atoms with E-state index in [2.05, 4.69) is 72.1 Å². The van der Waals surface area contributed by atoms with Gasteiger partial charge in [-0.1, -0.05) is 63.3 Å². The van der Waals surface area contributed by atoms with E-state index in [-0.39, 0.29) is 10.7 Å². The van der Waals surface area contributed by atoms with Crippen molar-refractivity contribution in [3.63, 3.8) is 0 Å². The molecule has 3 aromatic rings. The second-order valence-electron chi connectivity index (χ2n) is 6.98. The summed E-state index contributed by atoms with van der Waals surface area (Å²) < 4.78 is 3.10. The van der Waals surface area contributed by atoms with Crippen LogP contribution in [0.15, 0.2) is 60.5 Å². The molecule has 0 aliphatic rings. The molecule has 2 heterocycles. The third-order valence-electron chi connectivity index (χ3n) is 4.02. The molecule has 5 heteroatoms. The van der Waals surface area contributed by atoms with Crippen LogP contribution in [0.2, 0.25) is 0 Å². The second-order valence-corrected chi connectivity index (χ2v) is 9.77. The topological polar surface area (TPSA) is 17.8 Å². The fourth-order valence-corrected chi connectivity index (χ4v) is 5.55. The first-order valence-corrected chi connectivity index (χ1v) is 10.4. The number of thioether (sulfide) groups is 1. The molecule has 0 saturated carbocycles. The van der Waals surface area contributed by atoms with Gasteiger partial charge >= 0.3 is 0 Å². The van der Waals surface area contributed by atoms with E-state index in [9.17, 15) is 0 Å². The predicted molar refractivity (Wildman–Crippen MR) is 114 cm³/mol. The van der Waals surface area contributed by atoms with Crippen LogP contribution in [0.25, 0.3) is 0 Å². The number of hydrogen-bond acceptors (Lipinski definition) is 4. The van der Waals surface area contributed by atoms with Gasteiger partial charge in [0.25, 0.3) is 0 Å². The molecule has 2 nitrogen and oxygen atoms in total. The van der Waals surface area contributed by atoms with Gasteiger partial charge in [0.05, 0.1) is 20.7 Å². The third kappa shape index (κ3) is 4.60. The van der Waals surface area contributed by atoms with E-state index in [4.69, 9.17) is 12.2 Å². The Morgan fingerprint density at radius 1 is 1.24 bits per heavy atom. The van der Waals surface area contributed by atoms with Crippen molar-refractivity contribution in [2.45, 2.75) is 38.0 Å². The molecule has 0 bridgehead atoms. The zero-order chi connectivity index (χ0) is 17.9. The summed E-state index contributed by atoms with van der Waals surface area (Å²) >= 11 is 9.38. The van der Waals surface area contributed by atoms with Crippen molar-refractivity contribution < 1.29 is 0 Å². The molecule has 1 aromatic carbocycles. The fourth-order valence-electron chi connectivity index (χ4n) is 2.71. The molecular weight excluding hydrogens is 364 g/mol. The van der Waals surface area contributed by atoms with Crippen molar-refractivity contribution in [2.75, 3.05) is 0 Å². The maximum Gasteiger partial charge on any atom is 0.0946 e. The summed E-state index contributed by atoms with van der Waals surface area (Å²) in [7, 11) is 0. The Morgan fingerprint density at radius 2 is 2.00 bits per heavy atom. The highest BCUT2D eigenvalue weighted by atomic mass is 32.2. The van der Waals surface area contributed by atoms with E-state index in [1.165, 1.54) is 16.0 Å². The number of thiophene rings is 1. The number of imidazole rings is 1. The van der Waals surface area contributed by atoms with Gasteiger partial charge in [-0.3, -0.25) is 0 Å². The number of thiocarbonyl (C=S) groups is 1. The van der Waals surface area contributed by atoms with Crippen LogP contribution in [0.3, 0.4) is 0 Å². The lowest BCUT2D eigenvalue weighted by Crippen LogP contribution is -2.14. The zero-order valence-corrected chi connectivity index (χ0v) is 17.1. The van der Waals surface area contributed by atoms with Crippen LogP contribution in [0, 0.1) is 0 Å². The van der Waals surface area contributed by atoms with Gasteiger partial charge in [-0.25, -0.2) is 4.98 Å². The second kappa shape index (κ2) is 7.85. The Kier molecular flexibility index (Phi) is 5.77. The molecule has 130 valence electrons. The van der Waals surface area contributed by atoms with Crippen LogP contribution in [0.5, 0.6) is 0 Å². The maximum absolute atomic E-state index is 5.85. The minimum Gasteiger partial charge on any atom is -0.336 e. The van der Waals surface area contributed by atoms with Gasteiger partial charge in [-0.05, 0) is 28.0 Å². The van der Waals surface area contributed by atoms with Crippen LogP contribution < -0.4 is 0 Å². The highest BCUT2D eigenvalue weighted by Crippen LogP contribution is 2.38. The summed E-state index contributed by atoms with van der Waals surface area (Å²) in [4.78, 5) is 5.40. The van der Waals surface area contributed by atoms with Crippen LogP contribution in [-0.2, 0) is 12.0 Å². The van der Waals surface area contributed by atoms with Crippen LogP contribution in [0.4, 0.5) is 0 Å². The number of nitrogens with zero attached hydrogens (tertiary/aromatic N) is 2. The van der Waals surface area contributed by atoms with Crippen LogP contribution in [0.1, 0.15) is 42.0 Å². The van der Waals surface area contributed by atoms with E-state index in [1.54, 1.807) is 23.1 Å². The van der Waals surface area contributed by atoms with Gasteiger partial charge in [-0.2, -0.15) is 0 Å². The van der Waals surface area contributed by atoms with E-state index >= 15 is 0 Å². The van der Waals surface area contributed by atoms with Gasteiger partial charge in [0.1, 0.15) is 0 Å². The molecule has 0 aliphatic heterocycles. The van der Waals surface area contributed by atoms with Crippen molar-refractivity contribution in [3.8, 4) is 0 Å². The highest BCUT2D eigenvalue weighted by molar-refractivity contribution is 8.24. The van der Waals surface area contributed by atoms with Crippen molar-refractivity contribution in [3.05, 3.63) is 76.5 Å². The summed E-state index contributed by atoms with van der Waals surface area (Å²) in [5.74, 6) is 0. The summed E-state index contributed by atoms with van der Waals surface area (Å²) in [6, 6.07) is 12.8.